The molecule has 2 heterocycles. The molecule has 3 nitrogen and oxygen atoms in total. The van der Waals surface area contributed by atoms with Crippen molar-refractivity contribution in [3.05, 3.63) is 22.4 Å². The molecule has 0 aromatic carbocycles. The maximum atomic E-state index is 6.13. The molecule has 0 bridgehead atoms. The van der Waals surface area contributed by atoms with E-state index in [1.807, 2.05) is 0 Å². The van der Waals surface area contributed by atoms with E-state index < -0.39 is 0 Å². The molecule has 1 aliphatic heterocycles. The highest BCUT2D eigenvalue weighted by molar-refractivity contribution is 7.07. The van der Waals surface area contributed by atoms with E-state index in [0.717, 1.165) is 25.7 Å². The third-order valence-corrected chi connectivity index (χ3v) is 4.69. The second-order valence-corrected chi connectivity index (χ2v) is 6.75. The molecule has 2 unspecified atom stereocenters. The summed E-state index contributed by atoms with van der Waals surface area (Å²) >= 11 is 1.77. The van der Waals surface area contributed by atoms with Gasteiger partial charge >= 0.3 is 0 Å². The largest absolute Gasteiger partial charge is 0.372 e. The van der Waals surface area contributed by atoms with Crippen LogP contribution in [0, 0.1) is 0 Å². The van der Waals surface area contributed by atoms with Crippen LogP contribution in [0.5, 0.6) is 0 Å². The average molecular weight is 280 g/mol. The van der Waals surface area contributed by atoms with Crippen LogP contribution < -0.4 is 5.32 Å². The van der Waals surface area contributed by atoms with E-state index in [1.165, 1.54) is 31.2 Å². The van der Waals surface area contributed by atoms with Crippen molar-refractivity contribution in [3.8, 4) is 0 Å². The van der Waals surface area contributed by atoms with E-state index in [9.17, 15) is 0 Å². The molecule has 1 N–H and O–H groups in total. The number of hydrogen-bond donors (Lipinski definition) is 1. The number of ether oxygens (including phenoxy) is 1. The Morgan fingerprint density at radius 1 is 1.32 bits per heavy atom. The lowest BCUT2D eigenvalue weighted by molar-refractivity contribution is 0.0266. The van der Waals surface area contributed by atoms with Gasteiger partial charge in [0.05, 0.1) is 12.2 Å². The number of nitrogens with zero attached hydrogens (tertiary/aromatic N) is 1. The molecule has 106 valence electrons. The Morgan fingerprint density at radius 3 is 2.89 bits per heavy atom. The quantitative estimate of drug-likeness (QED) is 0.830. The van der Waals surface area contributed by atoms with Crippen LogP contribution in [0.2, 0.25) is 0 Å². The molecule has 2 aliphatic rings. The Labute approximate surface area is 119 Å². The van der Waals surface area contributed by atoms with E-state index in [-0.39, 0.29) is 0 Å². The van der Waals surface area contributed by atoms with Crippen molar-refractivity contribution in [2.24, 2.45) is 0 Å². The van der Waals surface area contributed by atoms with Gasteiger partial charge in [-0.25, -0.2) is 0 Å². The minimum absolute atomic E-state index is 0.426. The first-order valence-corrected chi connectivity index (χ1v) is 8.32. The fourth-order valence-electron chi connectivity index (χ4n) is 2.76. The molecule has 1 aliphatic carbocycles. The number of rotatable bonds is 7. The molecular weight excluding hydrogens is 256 g/mol. The molecule has 4 heteroatoms. The standard InChI is InChI=1S/C15H24N2OS/c1-17(9-12-6-7-19-11-12)10-15-5-4-14(18-15)8-16-13-2-3-13/h6-7,11,13-16H,2-5,8-10H2,1H3. The van der Waals surface area contributed by atoms with E-state index in [0.29, 0.717) is 12.2 Å². The topological polar surface area (TPSA) is 24.5 Å². The molecule has 2 atom stereocenters. The van der Waals surface area contributed by atoms with Gasteiger partial charge in [0.25, 0.3) is 0 Å². The third-order valence-electron chi connectivity index (χ3n) is 3.95. The average Bonchev–Trinajstić information content (AvgIpc) is 2.88. The summed E-state index contributed by atoms with van der Waals surface area (Å²) in [7, 11) is 2.19. The van der Waals surface area contributed by atoms with Gasteiger partial charge < -0.3 is 10.1 Å². The molecule has 0 amide bonds. The molecule has 3 rings (SSSR count). The zero-order valence-corrected chi connectivity index (χ0v) is 12.5. The fourth-order valence-corrected chi connectivity index (χ4v) is 3.42. The maximum absolute atomic E-state index is 6.13. The molecule has 1 aromatic rings. The summed E-state index contributed by atoms with van der Waals surface area (Å²) < 4.78 is 6.13. The van der Waals surface area contributed by atoms with Crippen molar-refractivity contribution in [3.63, 3.8) is 0 Å². The maximum Gasteiger partial charge on any atom is 0.0707 e. The lowest BCUT2D eigenvalue weighted by Crippen LogP contribution is -2.32. The van der Waals surface area contributed by atoms with Crippen molar-refractivity contribution in [2.45, 2.75) is 50.5 Å². The lowest BCUT2D eigenvalue weighted by atomic mass is 10.2. The summed E-state index contributed by atoms with van der Waals surface area (Å²) in [5.41, 5.74) is 1.41. The Bertz CT molecular complexity index is 378. The van der Waals surface area contributed by atoms with Crippen molar-refractivity contribution < 1.29 is 4.74 Å². The van der Waals surface area contributed by atoms with Crippen LogP contribution in [0.3, 0.4) is 0 Å². The van der Waals surface area contributed by atoms with Gasteiger partial charge in [0.15, 0.2) is 0 Å². The summed E-state index contributed by atoms with van der Waals surface area (Å²) in [6, 6.07) is 3.00. The predicted octanol–water partition coefficient (Wildman–Crippen LogP) is 2.48. The fraction of sp³-hybridized carbons (Fsp3) is 0.733. The highest BCUT2D eigenvalue weighted by Gasteiger charge is 2.28. The lowest BCUT2D eigenvalue weighted by Gasteiger charge is -2.21. The van der Waals surface area contributed by atoms with Gasteiger partial charge in [-0.1, -0.05) is 0 Å². The van der Waals surface area contributed by atoms with Gasteiger partial charge in [-0.3, -0.25) is 4.90 Å². The van der Waals surface area contributed by atoms with Gasteiger partial charge in [0.2, 0.25) is 0 Å². The first-order chi connectivity index (χ1) is 9.29. The van der Waals surface area contributed by atoms with Crippen LogP contribution in [0.1, 0.15) is 31.2 Å². The SMILES string of the molecule is CN(Cc1ccsc1)CC1CCC(CNC2CC2)O1. The summed E-state index contributed by atoms with van der Waals surface area (Å²) in [5.74, 6) is 0. The van der Waals surface area contributed by atoms with Crippen molar-refractivity contribution >= 4 is 11.3 Å². The molecule has 19 heavy (non-hydrogen) atoms. The highest BCUT2D eigenvalue weighted by Crippen LogP contribution is 2.23. The molecule has 1 saturated carbocycles. The van der Waals surface area contributed by atoms with Crippen molar-refractivity contribution in [1.29, 1.82) is 0 Å². The minimum atomic E-state index is 0.426. The van der Waals surface area contributed by atoms with Crippen molar-refractivity contribution in [2.75, 3.05) is 20.1 Å². The smallest absolute Gasteiger partial charge is 0.0707 e. The van der Waals surface area contributed by atoms with Gasteiger partial charge in [-0.15, -0.1) is 0 Å². The van der Waals surface area contributed by atoms with E-state index >= 15 is 0 Å². The van der Waals surface area contributed by atoms with E-state index in [2.05, 4.69) is 34.1 Å². The number of hydrogen-bond acceptors (Lipinski definition) is 4. The van der Waals surface area contributed by atoms with Crippen LogP contribution in [0.25, 0.3) is 0 Å². The van der Waals surface area contributed by atoms with Gasteiger partial charge in [-0.2, -0.15) is 11.3 Å². The molecule has 0 spiro atoms. The zero-order chi connectivity index (χ0) is 13.1. The van der Waals surface area contributed by atoms with Crippen LogP contribution >= 0.6 is 11.3 Å². The number of likely N-dealkylation sites (N-methyl/N-ethyl adjacent to an activating group) is 1. The number of nitrogens with one attached hydrogen (secondary N) is 1. The highest BCUT2D eigenvalue weighted by atomic mass is 32.1. The van der Waals surface area contributed by atoms with Crippen LogP contribution in [-0.4, -0.2) is 43.3 Å². The van der Waals surface area contributed by atoms with Gasteiger partial charge in [0.1, 0.15) is 0 Å². The summed E-state index contributed by atoms with van der Waals surface area (Å²) in [6.45, 7) is 3.14. The Kier molecular flexibility index (Phi) is 4.53. The molecule has 1 aromatic heterocycles. The third kappa shape index (κ3) is 4.28. The molecule has 1 saturated heterocycles. The first kappa shape index (κ1) is 13.6. The van der Waals surface area contributed by atoms with Gasteiger partial charge in [-0.05, 0) is 55.1 Å². The monoisotopic (exact) mass is 280 g/mol. The molecule has 0 radical (unpaired) electrons. The Morgan fingerprint density at radius 2 is 2.16 bits per heavy atom. The van der Waals surface area contributed by atoms with Crippen LogP contribution in [-0.2, 0) is 11.3 Å². The second-order valence-electron chi connectivity index (χ2n) is 5.97. The summed E-state index contributed by atoms with van der Waals surface area (Å²) in [5, 5.41) is 7.95. The first-order valence-electron chi connectivity index (χ1n) is 7.38. The van der Waals surface area contributed by atoms with Crippen molar-refractivity contribution in [1.82, 2.24) is 10.2 Å². The predicted molar refractivity (Wildman–Crippen MR) is 79.6 cm³/mol. The Hall–Kier alpha value is -0.420. The Balaban J connectivity index is 1.35. The second kappa shape index (κ2) is 6.35. The van der Waals surface area contributed by atoms with Crippen LogP contribution in [0.4, 0.5) is 0 Å². The van der Waals surface area contributed by atoms with E-state index in [4.69, 9.17) is 4.74 Å². The summed E-state index contributed by atoms with van der Waals surface area (Å²) in [6.07, 6.45) is 6.02. The van der Waals surface area contributed by atoms with Gasteiger partial charge in [0, 0.05) is 25.7 Å². The van der Waals surface area contributed by atoms with Crippen LogP contribution in [0.15, 0.2) is 16.8 Å². The normalized spacial score (nSPS) is 27.3. The summed E-state index contributed by atoms with van der Waals surface area (Å²) in [4.78, 5) is 2.38. The minimum Gasteiger partial charge on any atom is -0.372 e. The molecular formula is C15H24N2OS. The molecule has 2 fully saturated rings. The number of thiophene rings is 1. The van der Waals surface area contributed by atoms with E-state index in [1.54, 1.807) is 11.3 Å². The zero-order valence-electron chi connectivity index (χ0n) is 11.7.